The van der Waals surface area contributed by atoms with Gasteiger partial charge in [0.2, 0.25) is 5.79 Å². The predicted molar refractivity (Wildman–Crippen MR) is 65.1 cm³/mol. The van der Waals surface area contributed by atoms with Crippen molar-refractivity contribution in [3.05, 3.63) is 10.7 Å². The molecular weight excluding hydrogens is 265 g/mol. The first-order valence-corrected chi connectivity index (χ1v) is 6.51. The summed E-state index contributed by atoms with van der Waals surface area (Å²) in [6.07, 6.45) is 0. The van der Waals surface area contributed by atoms with Crippen LogP contribution in [-0.2, 0) is 14.3 Å². The molecule has 0 unspecified atom stereocenters. The molecule has 2 aliphatic rings. The number of hydrogen-bond donors (Lipinski definition) is 0. The van der Waals surface area contributed by atoms with Crippen molar-refractivity contribution in [2.45, 2.75) is 25.0 Å². The minimum atomic E-state index is -1.18. The number of alkyl halides is 1. The van der Waals surface area contributed by atoms with Crippen LogP contribution < -0.4 is 0 Å². The first-order chi connectivity index (χ1) is 8.08. The molecule has 2 rings (SSSR count). The maximum Gasteiger partial charge on any atom is 0.236 e. The van der Waals surface area contributed by atoms with Crippen LogP contribution in [0.2, 0.25) is 0 Å². The van der Waals surface area contributed by atoms with E-state index >= 15 is 0 Å². The first kappa shape index (κ1) is 13.1. The lowest BCUT2D eigenvalue weighted by molar-refractivity contribution is -0.145. The van der Waals surface area contributed by atoms with Crippen molar-refractivity contribution in [2.24, 2.45) is 0 Å². The normalized spacial score (nSPS) is 27.3. The summed E-state index contributed by atoms with van der Waals surface area (Å²) in [5.41, 5.74) is 0.576. The Balaban J connectivity index is 2.46. The van der Waals surface area contributed by atoms with Crippen molar-refractivity contribution in [2.75, 3.05) is 26.3 Å². The van der Waals surface area contributed by atoms with Gasteiger partial charge in [-0.25, -0.2) is 0 Å². The van der Waals surface area contributed by atoms with E-state index in [-0.39, 0.29) is 10.8 Å². The highest BCUT2D eigenvalue weighted by atomic mass is 35.5. The number of nitrogens with zero attached hydrogens (tertiary/aromatic N) is 1. The van der Waals surface area contributed by atoms with Crippen molar-refractivity contribution >= 4 is 29.0 Å². The fourth-order valence-corrected chi connectivity index (χ4v) is 3.04. The van der Waals surface area contributed by atoms with Crippen molar-refractivity contribution in [3.8, 4) is 0 Å². The highest BCUT2D eigenvalue weighted by molar-refractivity contribution is 6.50. The number of rotatable bonds is 3. The van der Waals surface area contributed by atoms with Gasteiger partial charge in [0.05, 0.1) is 18.9 Å². The Hall–Kier alpha value is -0.290. The van der Waals surface area contributed by atoms with E-state index in [0.29, 0.717) is 32.0 Å². The molecule has 0 aromatic rings. The van der Waals surface area contributed by atoms with E-state index in [1.807, 2.05) is 18.7 Å². The Kier molecular flexibility index (Phi) is 3.69. The molecule has 0 N–H and O–H groups in total. The highest BCUT2D eigenvalue weighted by Crippen LogP contribution is 2.45. The monoisotopic (exact) mass is 279 g/mol. The second-order valence-electron chi connectivity index (χ2n) is 3.93. The van der Waals surface area contributed by atoms with E-state index in [0.717, 1.165) is 0 Å². The number of halogens is 2. The Morgan fingerprint density at radius 1 is 1.35 bits per heavy atom. The van der Waals surface area contributed by atoms with Gasteiger partial charge in [-0.3, -0.25) is 4.79 Å². The topological polar surface area (TPSA) is 38.8 Å². The van der Waals surface area contributed by atoms with Gasteiger partial charge < -0.3 is 14.4 Å². The zero-order valence-electron chi connectivity index (χ0n) is 9.83. The molecule has 1 spiro atoms. The number of ketones is 1. The average molecular weight is 280 g/mol. The van der Waals surface area contributed by atoms with Crippen LogP contribution in [0.4, 0.5) is 0 Å². The van der Waals surface area contributed by atoms with Crippen molar-refractivity contribution in [1.82, 2.24) is 4.90 Å². The fraction of sp³-hybridized carbons (Fsp3) is 0.727. The molecule has 96 valence electrons. The summed E-state index contributed by atoms with van der Waals surface area (Å²) in [6, 6.07) is 0. The number of allylic oxidation sites excluding steroid dienone is 1. The lowest BCUT2D eigenvalue weighted by Gasteiger charge is -2.34. The van der Waals surface area contributed by atoms with Gasteiger partial charge in [-0.05, 0) is 13.8 Å². The van der Waals surface area contributed by atoms with Crippen LogP contribution in [0, 0.1) is 0 Å². The van der Waals surface area contributed by atoms with Crippen LogP contribution in [0.1, 0.15) is 13.8 Å². The third-order valence-corrected chi connectivity index (χ3v) is 3.96. The first-order valence-electron chi connectivity index (χ1n) is 5.69. The zero-order chi connectivity index (χ0) is 12.6. The Labute approximate surface area is 110 Å². The zero-order valence-corrected chi connectivity index (χ0v) is 11.3. The molecule has 1 aliphatic carbocycles. The fourth-order valence-electron chi connectivity index (χ4n) is 2.28. The molecule has 17 heavy (non-hydrogen) atoms. The summed E-state index contributed by atoms with van der Waals surface area (Å²) in [7, 11) is 0. The minimum Gasteiger partial charge on any atom is -0.370 e. The predicted octanol–water partition coefficient (Wildman–Crippen LogP) is 1.71. The van der Waals surface area contributed by atoms with Crippen LogP contribution >= 0.6 is 23.2 Å². The van der Waals surface area contributed by atoms with Gasteiger partial charge in [-0.1, -0.05) is 11.6 Å². The quantitative estimate of drug-likeness (QED) is 0.738. The van der Waals surface area contributed by atoms with E-state index < -0.39 is 11.2 Å². The van der Waals surface area contributed by atoms with E-state index in [1.165, 1.54) is 0 Å². The van der Waals surface area contributed by atoms with E-state index in [2.05, 4.69) is 0 Å². The average Bonchev–Trinajstić information content (AvgIpc) is 2.88. The van der Waals surface area contributed by atoms with Gasteiger partial charge in [0.25, 0.3) is 0 Å². The molecule has 1 fully saturated rings. The molecule has 0 saturated carbocycles. The largest absolute Gasteiger partial charge is 0.370 e. The van der Waals surface area contributed by atoms with Crippen molar-refractivity contribution < 1.29 is 14.3 Å². The van der Waals surface area contributed by atoms with Crippen LogP contribution in [-0.4, -0.2) is 48.2 Å². The number of carbonyl (C=O) groups excluding carboxylic acids is 1. The summed E-state index contributed by atoms with van der Waals surface area (Å²) in [5.74, 6) is -1.50. The maximum atomic E-state index is 11.9. The van der Waals surface area contributed by atoms with Gasteiger partial charge >= 0.3 is 0 Å². The minimum absolute atomic E-state index is 0.135. The number of likely N-dealkylation sites (N-methyl/N-ethyl adjacent to an activating group) is 1. The van der Waals surface area contributed by atoms with Crippen LogP contribution in [0.3, 0.4) is 0 Å². The molecule has 0 aromatic carbocycles. The molecule has 1 heterocycles. The number of carbonyl (C=O) groups is 1. The molecule has 1 atom stereocenters. The molecule has 0 bridgehead atoms. The van der Waals surface area contributed by atoms with Gasteiger partial charge in [-0.2, -0.15) is 0 Å². The van der Waals surface area contributed by atoms with Gasteiger partial charge in [0, 0.05) is 13.1 Å². The summed E-state index contributed by atoms with van der Waals surface area (Å²) < 4.78 is 11.2. The third-order valence-electron chi connectivity index (χ3n) is 3.11. The molecule has 0 amide bonds. The van der Waals surface area contributed by atoms with Crippen LogP contribution in [0.15, 0.2) is 10.7 Å². The molecule has 4 nitrogen and oxygen atoms in total. The molecular formula is C11H15Cl2NO3. The molecule has 6 heteroatoms. The maximum absolute atomic E-state index is 11.9. The van der Waals surface area contributed by atoms with Crippen molar-refractivity contribution in [3.63, 3.8) is 0 Å². The number of hydrogen-bond acceptors (Lipinski definition) is 4. The van der Waals surface area contributed by atoms with Gasteiger partial charge in [0.15, 0.2) is 11.2 Å². The van der Waals surface area contributed by atoms with E-state index in [9.17, 15) is 4.79 Å². The molecule has 0 aromatic heterocycles. The summed E-state index contributed by atoms with van der Waals surface area (Å²) in [5, 5.41) is -0.760. The lowest BCUT2D eigenvalue weighted by Crippen LogP contribution is -2.46. The molecule has 1 aliphatic heterocycles. The molecule has 0 radical (unpaired) electrons. The Bertz CT molecular complexity index is 360. The Morgan fingerprint density at radius 2 is 1.88 bits per heavy atom. The second-order valence-corrected chi connectivity index (χ2v) is 4.74. The number of Topliss-reactive ketones (excluding diaryl/α,β-unsaturated/α-hetero) is 1. The third kappa shape index (κ3) is 1.78. The Morgan fingerprint density at radius 3 is 2.35 bits per heavy atom. The highest BCUT2D eigenvalue weighted by Gasteiger charge is 2.59. The van der Waals surface area contributed by atoms with Gasteiger partial charge in [-0.15, -0.1) is 11.6 Å². The smallest absolute Gasteiger partial charge is 0.236 e. The van der Waals surface area contributed by atoms with Crippen LogP contribution in [0.25, 0.3) is 0 Å². The van der Waals surface area contributed by atoms with E-state index in [1.54, 1.807) is 0 Å². The van der Waals surface area contributed by atoms with Crippen molar-refractivity contribution in [1.29, 1.82) is 0 Å². The summed E-state index contributed by atoms with van der Waals surface area (Å²) in [4.78, 5) is 13.9. The standard InChI is InChI=1S/C11H15Cl2NO3/c1-3-14(4-2)10-7(12)8(15)9(13)11(10)16-5-6-17-11/h9H,3-6H2,1-2H3/t9-/m1/s1. The van der Waals surface area contributed by atoms with Crippen LogP contribution in [0.5, 0.6) is 0 Å². The summed E-state index contributed by atoms with van der Waals surface area (Å²) >= 11 is 12.2. The number of ether oxygens (including phenoxy) is 2. The van der Waals surface area contributed by atoms with Gasteiger partial charge in [0.1, 0.15) is 5.03 Å². The summed E-state index contributed by atoms with van der Waals surface area (Å²) in [6.45, 7) is 6.24. The molecule has 1 saturated heterocycles. The SMILES string of the molecule is CCN(CC)C1=C(Cl)C(=O)[C@@H](Cl)C12OCCO2. The lowest BCUT2D eigenvalue weighted by atomic mass is 10.2. The van der Waals surface area contributed by atoms with E-state index in [4.69, 9.17) is 32.7 Å². The second kappa shape index (κ2) is 4.76.